The van der Waals surface area contributed by atoms with Crippen LogP contribution in [-0.2, 0) is 11.8 Å². The van der Waals surface area contributed by atoms with E-state index in [1.165, 1.54) is 17.3 Å². The molecule has 0 radical (unpaired) electrons. The van der Waals surface area contributed by atoms with Gasteiger partial charge >= 0.3 is 0 Å². The first-order valence-corrected chi connectivity index (χ1v) is 9.43. The van der Waals surface area contributed by atoms with Gasteiger partial charge in [0.2, 0.25) is 5.91 Å². The predicted molar refractivity (Wildman–Crippen MR) is 107 cm³/mol. The average molecular weight is 398 g/mol. The highest BCUT2D eigenvalue weighted by atomic mass is 35.5. The van der Waals surface area contributed by atoms with E-state index in [1.54, 1.807) is 18.2 Å². The van der Waals surface area contributed by atoms with Crippen molar-refractivity contribution in [1.29, 1.82) is 5.26 Å². The molecule has 6 nitrogen and oxygen atoms in total. The van der Waals surface area contributed by atoms with Gasteiger partial charge in [0, 0.05) is 18.3 Å². The fourth-order valence-electron chi connectivity index (χ4n) is 2.41. The lowest BCUT2D eigenvalue weighted by atomic mass is 10.1. The standard InChI is InChI=1S/C19H16ClN5OS/c1-12-3-5-13(6-4-12)18-23-24-19(25(18)2)27-11-17(26)22-15-8-7-14(10-21)16(20)9-15/h3-9H,11H2,1-2H3,(H,22,26). The Morgan fingerprint density at radius 2 is 2.00 bits per heavy atom. The van der Waals surface area contributed by atoms with Crippen LogP contribution in [0.15, 0.2) is 47.6 Å². The molecule has 8 heteroatoms. The molecule has 0 saturated heterocycles. The van der Waals surface area contributed by atoms with Crippen LogP contribution in [0.3, 0.4) is 0 Å². The molecule has 2 aromatic carbocycles. The molecule has 0 spiro atoms. The van der Waals surface area contributed by atoms with E-state index in [4.69, 9.17) is 16.9 Å². The monoisotopic (exact) mass is 397 g/mol. The molecule has 1 heterocycles. The third-order valence-corrected chi connectivity index (χ3v) is 5.18. The van der Waals surface area contributed by atoms with Gasteiger partial charge in [0.25, 0.3) is 0 Å². The van der Waals surface area contributed by atoms with E-state index in [-0.39, 0.29) is 11.7 Å². The quantitative estimate of drug-likeness (QED) is 0.656. The molecule has 0 aliphatic rings. The van der Waals surface area contributed by atoms with Gasteiger partial charge in [-0.2, -0.15) is 5.26 Å². The van der Waals surface area contributed by atoms with Crippen molar-refractivity contribution in [3.8, 4) is 17.5 Å². The normalized spacial score (nSPS) is 10.4. The van der Waals surface area contributed by atoms with E-state index in [9.17, 15) is 4.79 Å². The maximum atomic E-state index is 12.2. The molecule has 0 bridgehead atoms. The Balaban J connectivity index is 1.63. The minimum absolute atomic E-state index is 0.178. The fourth-order valence-corrected chi connectivity index (χ4v) is 3.34. The van der Waals surface area contributed by atoms with Crippen LogP contribution in [0.5, 0.6) is 0 Å². The van der Waals surface area contributed by atoms with Crippen LogP contribution in [0.1, 0.15) is 11.1 Å². The van der Waals surface area contributed by atoms with Crippen molar-refractivity contribution in [2.24, 2.45) is 7.05 Å². The third kappa shape index (κ3) is 4.48. The van der Waals surface area contributed by atoms with Crippen molar-refractivity contribution >= 4 is 35.0 Å². The first-order chi connectivity index (χ1) is 13.0. The zero-order valence-corrected chi connectivity index (χ0v) is 16.3. The summed E-state index contributed by atoms with van der Waals surface area (Å²) in [6, 6.07) is 14.8. The van der Waals surface area contributed by atoms with E-state index in [2.05, 4.69) is 15.5 Å². The van der Waals surface area contributed by atoms with Crippen molar-refractivity contribution in [3.05, 3.63) is 58.6 Å². The first kappa shape index (κ1) is 19.0. The molecule has 0 fully saturated rings. The summed E-state index contributed by atoms with van der Waals surface area (Å²) in [4.78, 5) is 12.2. The molecular weight excluding hydrogens is 382 g/mol. The Kier molecular flexibility index (Phi) is 5.79. The van der Waals surface area contributed by atoms with Crippen LogP contribution in [0, 0.1) is 18.3 Å². The Morgan fingerprint density at radius 1 is 1.26 bits per heavy atom. The van der Waals surface area contributed by atoms with Gasteiger partial charge in [-0.3, -0.25) is 4.79 Å². The van der Waals surface area contributed by atoms with Gasteiger partial charge in [-0.25, -0.2) is 0 Å². The van der Waals surface area contributed by atoms with Crippen LogP contribution in [-0.4, -0.2) is 26.4 Å². The van der Waals surface area contributed by atoms with Crippen LogP contribution in [0.25, 0.3) is 11.4 Å². The molecule has 3 aromatic rings. The van der Waals surface area contributed by atoms with Gasteiger partial charge in [-0.05, 0) is 25.1 Å². The molecule has 0 saturated carbocycles. The number of rotatable bonds is 5. The van der Waals surface area contributed by atoms with E-state index >= 15 is 0 Å². The number of halogens is 1. The van der Waals surface area contributed by atoms with Crippen molar-refractivity contribution in [1.82, 2.24) is 14.8 Å². The highest BCUT2D eigenvalue weighted by Gasteiger charge is 2.13. The second kappa shape index (κ2) is 8.25. The molecule has 0 aliphatic carbocycles. The average Bonchev–Trinajstić information content (AvgIpc) is 3.01. The van der Waals surface area contributed by atoms with E-state index in [0.717, 1.165) is 11.4 Å². The summed E-state index contributed by atoms with van der Waals surface area (Å²) in [5, 5.41) is 21.0. The molecule has 0 unspecified atom stereocenters. The van der Waals surface area contributed by atoms with Crippen LogP contribution >= 0.6 is 23.4 Å². The van der Waals surface area contributed by atoms with Gasteiger partial charge < -0.3 is 9.88 Å². The number of hydrogen-bond donors (Lipinski definition) is 1. The molecule has 27 heavy (non-hydrogen) atoms. The second-order valence-electron chi connectivity index (χ2n) is 5.87. The predicted octanol–water partition coefficient (Wildman–Crippen LogP) is 4.05. The minimum atomic E-state index is -0.194. The number of carbonyl (C=O) groups is 1. The summed E-state index contributed by atoms with van der Waals surface area (Å²) in [5.74, 6) is 0.731. The van der Waals surface area contributed by atoms with Crippen LogP contribution in [0.4, 0.5) is 5.69 Å². The van der Waals surface area contributed by atoms with Gasteiger partial charge in [-0.15, -0.1) is 10.2 Å². The summed E-state index contributed by atoms with van der Waals surface area (Å²) < 4.78 is 1.86. The summed E-state index contributed by atoms with van der Waals surface area (Å²) in [6.07, 6.45) is 0. The molecule has 1 aromatic heterocycles. The lowest BCUT2D eigenvalue weighted by Gasteiger charge is -2.07. The Labute approximate surface area is 166 Å². The zero-order valence-electron chi connectivity index (χ0n) is 14.7. The molecule has 0 aliphatic heterocycles. The number of aryl methyl sites for hydroxylation is 1. The molecule has 136 valence electrons. The molecule has 1 N–H and O–H groups in total. The molecule has 1 amide bonds. The van der Waals surface area contributed by atoms with Crippen molar-refractivity contribution < 1.29 is 4.79 Å². The summed E-state index contributed by atoms with van der Waals surface area (Å²) in [5.41, 5.74) is 3.06. The molecule has 0 atom stereocenters. The van der Waals surface area contributed by atoms with Gasteiger partial charge in [0.1, 0.15) is 6.07 Å². The van der Waals surface area contributed by atoms with E-state index in [1.807, 2.05) is 48.9 Å². The Hall–Kier alpha value is -2.82. The van der Waals surface area contributed by atoms with E-state index in [0.29, 0.717) is 21.4 Å². The number of nitrogens with one attached hydrogen (secondary N) is 1. The number of amides is 1. The number of nitriles is 1. The van der Waals surface area contributed by atoms with Crippen molar-refractivity contribution in [3.63, 3.8) is 0 Å². The smallest absolute Gasteiger partial charge is 0.234 e. The lowest BCUT2D eigenvalue weighted by Crippen LogP contribution is -2.14. The van der Waals surface area contributed by atoms with Crippen LogP contribution < -0.4 is 5.32 Å². The zero-order chi connectivity index (χ0) is 19.4. The Bertz CT molecular complexity index is 1020. The molecule has 3 rings (SSSR count). The maximum Gasteiger partial charge on any atom is 0.234 e. The largest absolute Gasteiger partial charge is 0.325 e. The summed E-state index contributed by atoms with van der Waals surface area (Å²) in [6.45, 7) is 2.03. The van der Waals surface area contributed by atoms with Gasteiger partial charge in [0.15, 0.2) is 11.0 Å². The van der Waals surface area contributed by atoms with Crippen molar-refractivity contribution in [2.75, 3.05) is 11.1 Å². The van der Waals surface area contributed by atoms with E-state index < -0.39 is 0 Å². The fraction of sp³-hybridized carbons (Fsp3) is 0.158. The number of carbonyl (C=O) groups excluding carboxylic acids is 1. The summed E-state index contributed by atoms with van der Waals surface area (Å²) >= 11 is 7.27. The Morgan fingerprint density at radius 3 is 2.67 bits per heavy atom. The number of anilines is 1. The van der Waals surface area contributed by atoms with Gasteiger partial charge in [-0.1, -0.05) is 53.2 Å². The summed E-state index contributed by atoms with van der Waals surface area (Å²) in [7, 11) is 1.87. The number of nitrogens with zero attached hydrogens (tertiary/aromatic N) is 4. The minimum Gasteiger partial charge on any atom is -0.325 e. The SMILES string of the molecule is Cc1ccc(-c2nnc(SCC(=O)Nc3ccc(C#N)c(Cl)c3)n2C)cc1. The van der Waals surface area contributed by atoms with Crippen molar-refractivity contribution in [2.45, 2.75) is 12.1 Å². The topological polar surface area (TPSA) is 83.6 Å². The number of aromatic nitrogens is 3. The highest BCUT2D eigenvalue weighted by molar-refractivity contribution is 7.99. The first-order valence-electron chi connectivity index (χ1n) is 8.06. The third-order valence-electron chi connectivity index (χ3n) is 3.85. The highest BCUT2D eigenvalue weighted by Crippen LogP contribution is 2.24. The maximum absolute atomic E-state index is 12.2. The number of hydrogen-bond acceptors (Lipinski definition) is 5. The molecular formula is C19H16ClN5OS. The van der Waals surface area contributed by atoms with Gasteiger partial charge in [0.05, 0.1) is 16.3 Å². The second-order valence-corrected chi connectivity index (χ2v) is 7.22. The number of thioether (sulfide) groups is 1. The number of benzene rings is 2. The van der Waals surface area contributed by atoms with Crippen LogP contribution in [0.2, 0.25) is 5.02 Å². The lowest BCUT2D eigenvalue weighted by molar-refractivity contribution is -0.113.